The molecule has 3 rings (SSSR count). The zero-order valence-electron chi connectivity index (χ0n) is 13.2. The van der Waals surface area contributed by atoms with Crippen LogP contribution in [0, 0.1) is 24.7 Å². The molecule has 114 valence electrons. The van der Waals surface area contributed by atoms with Crippen LogP contribution in [0.4, 0.5) is 0 Å². The summed E-state index contributed by atoms with van der Waals surface area (Å²) in [6.45, 7) is 5.03. The zero-order valence-corrected chi connectivity index (χ0v) is 13.2. The van der Waals surface area contributed by atoms with Gasteiger partial charge in [0.15, 0.2) is 18.9 Å². The van der Waals surface area contributed by atoms with Gasteiger partial charge in [-0.25, -0.2) is 4.57 Å². The number of fused-ring (bicyclic) bond motifs is 2. The van der Waals surface area contributed by atoms with Crippen molar-refractivity contribution in [3.05, 3.63) is 30.1 Å². The first-order valence-electron chi connectivity index (χ1n) is 8.37. The predicted octanol–water partition coefficient (Wildman–Crippen LogP) is 2.61. The van der Waals surface area contributed by atoms with E-state index >= 15 is 0 Å². The van der Waals surface area contributed by atoms with Gasteiger partial charge in [0.1, 0.15) is 0 Å². The first-order valence-corrected chi connectivity index (χ1v) is 8.37. The minimum atomic E-state index is 0.193. The number of carbonyl (C=O) groups excluding carboxylic acids is 1. The van der Waals surface area contributed by atoms with Crippen LogP contribution in [0.3, 0.4) is 0 Å². The highest BCUT2D eigenvalue weighted by molar-refractivity contribution is 5.76. The molecule has 3 nitrogen and oxygen atoms in total. The Hall–Kier alpha value is -1.38. The smallest absolute Gasteiger partial charge is 0.226 e. The summed E-state index contributed by atoms with van der Waals surface area (Å²) < 4.78 is 2.08. The average molecular weight is 287 g/mol. The van der Waals surface area contributed by atoms with Crippen molar-refractivity contribution in [2.45, 2.75) is 58.5 Å². The summed E-state index contributed by atoms with van der Waals surface area (Å²) in [5.41, 5.74) is 1.25. The molecule has 0 radical (unpaired) electrons. The van der Waals surface area contributed by atoms with Gasteiger partial charge in [0.2, 0.25) is 5.91 Å². The molecule has 1 amide bonds. The second kappa shape index (κ2) is 6.17. The quantitative estimate of drug-likeness (QED) is 0.830. The number of amides is 1. The first kappa shape index (κ1) is 14.6. The summed E-state index contributed by atoms with van der Waals surface area (Å²) in [7, 11) is 0. The van der Waals surface area contributed by atoms with Gasteiger partial charge < -0.3 is 5.32 Å². The summed E-state index contributed by atoms with van der Waals surface area (Å²) in [4.78, 5) is 12.1. The van der Waals surface area contributed by atoms with Crippen LogP contribution in [0.5, 0.6) is 0 Å². The van der Waals surface area contributed by atoms with Gasteiger partial charge in [-0.1, -0.05) is 6.42 Å². The summed E-state index contributed by atoms with van der Waals surface area (Å²) in [6, 6.07) is 4.50. The molecular weight excluding hydrogens is 260 g/mol. The van der Waals surface area contributed by atoms with Gasteiger partial charge in [-0.2, -0.15) is 0 Å². The van der Waals surface area contributed by atoms with Gasteiger partial charge >= 0.3 is 0 Å². The highest BCUT2D eigenvalue weighted by atomic mass is 16.1. The fraction of sp³-hybridized carbons (Fsp3) is 0.667. The molecule has 1 aromatic heterocycles. The Morgan fingerprint density at radius 2 is 2.10 bits per heavy atom. The van der Waals surface area contributed by atoms with E-state index in [1.165, 1.54) is 31.2 Å². The Labute approximate surface area is 127 Å². The second-order valence-electron chi connectivity index (χ2n) is 7.06. The number of aryl methyl sites for hydroxylation is 2. The Kier molecular flexibility index (Phi) is 4.27. The molecule has 3 heteroatoms. The third kappa shape index (κ3) is 3.45. The van der Waals surface area contributed by atoms with Gasteiger partial charge in [-0.15, -0.1) is 0 Å². The Bertz CT molecular complexity index is 496. The van der Waals surface area contributed by atoms with E-state index in [1.54, 1.807) is 0 Å². The largest absolute Gasteiger partial charge is 0.353 e. The molecular formula is C18H27N2O+. The van der Waals surface area contributed by atoms with E-state index in [0.29, 0.717) is 12.5 Å². The van der Waals surface area contributed by atoms with Crippen molar-refractivity contribution < 1.29 is 9.36 Å². The molecule has 0 saturated heterocycles. The monoisotopic (exact) mass is 287 g/mol. The Balaban J connectivity index is 1.44. The van der Waals surface area contributed by atoms with E-state index in [4.69, 9.17) is 0 Å². The van der Waals surface area contributed by atoms with Crippen molar-refractivity contribution in [2.24, 2.45) is 17.8 Å². The molecule has 21 heavy (non-hydrogen) atoms. The summed E-state index contributed by atoms with van der Waals surface area (Å²) in [5.74, 6) is 2.73. The van der Waals surface area contributed by atoms with E-state index in [1.807, 2.05) is 12.4 Å². The SMILES string of the molecule is Cc1cc[n+](CCC(=O)NC(C)C2CC3CCC2C3)cc1. The van der Waals surface area contributed by atoms with Crippen LogP contribution in [-0.2, 0) is 11.3 Å². The van der Waals surface area contributed by atoms with Gasteiger partial charge in [0.05, 0.1) is 6.42 Å². The molecule has 2 aliphatic rings. The fourth-order valence-corrected chi connectivity index (χ4v) is 4.25. The van der Waals surface area contributed by atoms with E-state index in [9.17, 15) is 4.79 Å². The van der Waals surface area contributed by atoms with Crippen molar-refractivity contribution in [1.29, 1.82) is 0 Å². The zero-order chi connectivity index (χ0) is 14.8. The van der Waals surface area contributed by atoms with Crippen LogP contribution >= 0.6 is 0 Å². The maximum atomic E-state index is 12.1. The molecule has 1 N–H and O–H groups in total. The lowest BCUT2D eigenvalue weighted by Gasteiger charge is -2.28. The first-order chi connectivity index (χ1) is 10.1. The molecule has 0 spiro atoms. The summed E-state index contributed by atoms with van der Waals surface area (Å²) in [5, 5.41) is 3.24. The maximum Gasteiger partial charge on any atom is 0.226 e. The van der Waals surface area contributed by atoms with Crippen molar-refractivity contribution in [2.75, 3.05) is 0 Å². The number of nitrogens with zero attached hydrogens (tertiary/aromatic N) is 1. The summed E-state index contributed by atoms with van der Waals surface area (Å²) >= 11 is 0. The van der Waals surface area contributed by atoms with E-state index in [-0.39, 0.29) is 5.91 Å². The van der Waals surface area contributed by atoms with Gasteiger partial charge in [-0.3, -0.25) is 4.79 Å². The number of nitrogens with one attached hydrogen (secondary N) is 1. The third-order valence-electron chi connectivity index (χ3n) is 5.48. The second-order valence-corrected chi connectivity index (χ2v) is 7.06. The summed E-state index contributed by atoms with van der Waals surface area (Å²) in [6.07, 6.45) is 10.2. The van der Waals surface area contributed by atoms with Gasteiger partial charge in [0.25, 0.3) is 0 Å². The molecule has 2 bridgehead atoms. The molecule has 4 unspecified atom stereocenters. The normalized spacial score (nSPS) is 28.6. The maximum absolute atomic E-state index is 12.1. The van der Waals surface area contributed by atoms with Crippen LogP contribution in [0.25, 0.3) is 0 Å². The lowest BCUT2D eigenvalue weighted by molar-refractivity contribution is -0.695. The van der Waals surface area contributed by atoms with Crippen LogP contribution in [0.1, 0.15) is 44.6 Å². The van der Waals surface area contributed by atoms with Gasteiger partial charge in [0, 0.05) is 18.2 Å². The highest BCUT2D eigenvalue weighted by Crippen LogP contribution is 2.49. The lowest BCUT2D eigenvalue weighted by Crippen LogP contribution is -2.42. The number of hydrogen-bond donors (Lipinski definition) is 1. The third-order valence-corrected chi connectivity index (χ3v) is 5.48. The van der Waals surface area contributed by atoms with Crippen LogP contribution in [-0.4, -0.2) is 11.9 Å². The van der Waals surface area contributed by atoms with E-state index in [2.05, 4.69) is 35.9 Å². The lowest BCUT2D eigenvalue weighted by atomic mass is 9.84. The molecule has 2 saturated carbocycles. The van der Waals surface area contributed by atoms with Crippen molar-refractivity contribution >= 4 is 5.91 Å². The molecule has 0 aromatic carbocycles. The topological polar surface area (TPSA) is 33.0 Å². The van der Waals surface area contributed by atoms with Crippen molar-refractivity contribution in [3.63, 3.8) is 0 Å². The molecule has 0 aliphatic heterocycles. The number of rotatable bonds is 5. The van der Waals surface area contributed by atoms with E-state index in [0.717, 1.165) is 24.3 Å². The molecule has 2 aliphatic carbocycles. The van der Waals surface area contributed by atoms with Crippen molar-refractivity contribution in [3.8, 4) is 0 Å². The number of aromatic nitrogens is 1. The van der Waals surface area contributed by atoms with Crippen LogP contribution in [0.15, 0.2) is 24.5 Å². The predicted molar refractivity (Wildman–Crippen MR) is 82.5 cm³/mol. The molecule has 1 heterocycles. The Morgan fingerprint density at radius 3 is 2.71 bits per heavy atom. The minimum absolute atomic E-state index is 0.193. The van der Waals surface area contributed by atoms with Crippen LogP contribution in [0.2, 0.25) is 0 Å². The molecule has 2 fully saturated rings. The molecule has 4 atom stereocenters. The van der Waals surface area contributed by atoms with Crippen LogP contribution < -0.4 is 9.88 Å². The highest BCUT2D eigenvalue weighted by Gasteiger charge is 2.42. The van der Waals surface area contributed by atoms with Gasteiger partial charge in [-0.05, 0) is 56.4 Å². The van der Waals surface area contributed by atoms with Crippen molar-refractivity contribution in [1.82, 2.24) is 5.32 Å². The van der Waals surface area contributed by atoms with E-state index < -0.39 is 0 Å². The molecule has 1 aromatic rings. The fourth-order valence-electron chi connectivity index (χ4n) is 4.25. The average Bonchev–Trinajstić information content (AvgIpc) is 3.09. The number of carbonyl (C=O) groups is 1. The number of pyridine rings is 1. The minimum Gasteiger partial charge on any atom is -0.353 e. The standard InChI is InChI=1S/C18H26N2O/c1-13-5-8-20(9-6-13)10-7-18(21)19-14(2)17-12-15-3-4-16(17)11-15/h5-6,8-9,14-17H,3-4,7,10-12H2,1-2H3/p+1. The Morgan fingerprint density at radius 1 is 1.33 bits per heavy atom. The number of hydrogen-bond acceptors (Lipinski definition) is 1.